The molecule has 0 aliphatic rings. The zero-order valence-corrected chi connectivity index (χ0v) is 9.89. The van der Waals surface area contributed by atoms with E-state index >= 15 is 0 Å². The smallest absolute Gasteiger partial charge is 0.315 e. The Balaban J connectivity index is 2.17. The highest BCUT2D eigenvalue weighted by atomic mass is 16.5. The van der Waals surface area contributed by atoms with E-state index in [4.69, 9.17) is 4.52 Å². The maximum Gasteiger partial charge on any atom is 0.315 e. The summed E-state index contributed by atoms with van der Waals surface area (Å²) in [4.78, 5) is 15.2. The topological polar surface area (TPSA) is 85.8 Å². The van der Waals surface area contributed by atoms with Crippen LogP contribution in [0.3, 0.4) is 0 Å². The Hall–Kier alpha value is -2.18. The van der Waals surface area contributed by atoms with Crippen LogP contribution < -0.4 is 5.32 Å². The summed E-state index contributed by atoms with van der Waals surface area (Å²) < 4.78 is 6.58. The molecule has 7 heteroatoms. The Labute approximate surface area is 97.8 Å². The van der Waals surface area contributed by atoms with E-state index in [9.17, 15) is 4.79 Å². The van der Waals surface area contributed by atoms with Crippen LogP contribution in [-0.4, -0.2) is 32.9 Å². The van der Waals surface area contributed by atoms with E-state index < -0.39 is 5.91 Å². The fourth-order valence-corrected chi connectivity index (χ4v) is 1.35. The second-order valence-corrected chi connectivity index (χ2v) is 3.67. The number of nitrogens with one attached hydrogen (secondary N) is 1. The van der Waals surface area contributed by atoms with Crippen LogP contribution in [0.4, 0.5) is 0 Å². The minimum absolute atomic E-state index is 0.0379. The molecule has 0 aliphatic carbocycles. The molecule has 0 aromatic carbocycles. The first kappa shape index (κ1) is 11.3. The molecular formula is C10H13N5O2. The highest BCUT2D eigenvalue weighted by Gasteiger charge is 2.14. The average molecular weight is 235 g/mol. The normalized spacial score (nSPS) is 10.5. The number of carbonyl (C=O) groups excluding carboxylic acids is 1. The van der Waals surface area contributed by atoms with Crippen molar-refractivity contribution in [2.24, 2.45) is 0 Å². The number of hydrogen-bond donors (Lipinski definition) is 1. The van der Waals surface area contributed by atoms with Gasteiger partial charge in [0.2, 0.25) is 0 Å². The maximum absolute atomic E-state index is 11.2. The summed E-state index contributed by atoms with van der Waals surface area (Å²) in [5.41, 5.74) is 2.14. The first-order chi connectivity index (χ1) is 8.11. The summed E-state index contributed by atoms with van der Waals surface area (Å²) in [6.07, 6.45) is 1.77. The summed E-state index contributed by atoms with van der Waals surface area (Å²) in [5.74, 6) is -0.00375. The van der Waals surface area contributed by atoms with Crippen molar-refractivity contribution >= 4 is 5.91 Å². The van der Waals surface area contributed by atoms with Gasteiger partial charge in [0.1, 0.15) is 6.54 Å². The fraction of sp³-hybridized carbons (Fsp3) is 0.400. The Morgan fingerprint density at radius 2 is 2.29 bits per heavy atom. The van der Waals surface area contributed by atoms with E-state index in [1.165, 1.54) is 7.05 Å². The van der Waals surface area contributed by atoms with Crippen molar-refractivity contribution in [1.29, 1.82) is 0 Å². The molecule has 2 rings (SSSR count). The van der Waals surface area contributed by atoms with Gasteiger partial charge >= 0.3 is 11.8 Å². The number of hydrogen-bond acceptors (Lipinski definition) is 5. The lowest BCUT2D eigenvalue weighted by atomic mass is 10.3. The van der Waals surface area contributed by atoms with Gasteiger partial charge in [0.05, 0.1) is 6.20 Å². The van der Waals surface area contributed by atoms with Gasteiger partial charge in [-0.25, -0.2) is 0 Å². The second-order valence-electron chi connectivity index (χ2n) is 3.67. The van der Waals surface area contributed by atoms with Crippen LogP contribution in [0.25, 0.3) is 0 Å². The number of aryl methyl sites for hydroxylation is 1. The molecule has 7 nitrogen and oxygen atoms in total. The van der Waals surface area contributed by atoms with Gasteiger partial charge in [-0.1, -0.05) is 5.16 Å². The second kappa shape index (κ2) is 4.36. The quantitative estimate of drug-likeness (QED) is 0.826. The average Bonchev–Trinajstić information content (AvgIpc) is 2.91. The Bertz CT molecular complexity index is 543. The molecule has 90 valence electrons. The zero-order chi connectivity index (χ0) is 12.4. The monoisotopic (exact) mass is 235 g/mol. The molecule has 0 radical (unpaired) electrons. The summed E-state index contributed by atoms with van der Waals surface area (Å²) in [6, 6.07) is 0. The molecule has 2 heterocycles. The van der Waals surface area contributed by atoms with Gasteiger partial charge in [-0.3, -0.25) is 9.48 Å². The lowest BCUT2D eigenvalue weighted by Gasteiger charge is -1.99. The molecule has 1 amide bonds. The van der Waals surface area contributed by atoms with Crippen molar-refractivity contribution in [1.82, 2.24) is 25.2 Å². The van der Waals surface area contributed by atoms with E-state index in [0.717, 1.165) is 11.3 Å². The summed E-state index contributed by atoms with van der Waals surface area (Å²) in [7, 11) is 1.51. The molecular weight excluding hydrogens is 222 g/mol. The SMILES string of the molecule is CNC(=O)c1nc(Cn2ncc(C)c2C)no1. The molecule has 17 heavy (non-hydrogen) atoms. The van der Waals surface area contributed by atoms with Gasteiger partial charge in [0.25, 0.3) is 0 Å². The Morgan fingerprint density at radius 1 is 1.53 bits per heavy atom. The number of nitrogens with zero attached hydrogens (tertiary/aromatic N) is 4. The lowest BCUT2D eigenvalue weighted by Crippen LogP contribution is -2.18. The summed E-state index contributed by atoms with van der Waals surface area (Å²) in [5, 5.41) is 10.3. The molecule has 0 atom stereocenters. The van der Waals surface area contributed by atoms with Gasteiger partial charge in [-0.05, 0) is 19.4 Å². The minimum atomic E-state index is -0.392. The summed E-state index contributed by atoms with van der Waals surface area (Å²) >= 11 is 0. The van der Waals surface area contributed by atoms with Crippen LogP contribution in [0, 0.1) is 13.8 Å². The number of aromatic nitrogens is 4. The zero-order valence-electron chi connectivity index (χ0n) is 9.89. The van der Waals surface area contributed by atoms with Crippen LogP contribution in [0.2, 0.25) is 0 Å². The van der Waals surface area contributed by atoms with Gasteiger partial charge in [0, 0.05) is 12.7 Å². The van der Waals surface area contributed by atoms with Crippen LogP contribution in [0.1, 0.15) is 27.8 Å². The molecule has 2 aromatic heterocycles. The van der Waals surface area contributed by atoms with Crippen molar-refractivity contribution < 1.29 is 9.32 Å². The molecule has 0 bridgehead atoms. The highest BCUT2D eigenvalue weighted by molar-refractivity contribution is 5.89. The third-order valence-electron chi connectivity index (χ3n) is 2.53. The van der Waals surface area contributed by atoms with E-state index in [0.29, 0.717) is 12.4 Å². The van der Waals surface area contributed by atoms with Crippen LogP contribution >= 0.6 is 0 Å². The van der Waals surface area contributed by atoms with Crippen LogP contribution in [0.5, 0.6) is 0 Å². The number of rotatable bonds is 3. The predicted molar refractivity (Wildman–Crippen MR) is 58.5 cm³/mol. The fourth-order valence-electron chi connectivity index (χ4n) is 1.35. The van der Waals surface area contributed by atoms with E-state index in [2.05, 4.69) is 20.6 Å². The molecule has 1 N–H and O–H groups in total. The number of amides is 1. The molecule has 2 aromatic rings. The Morgan fingerprint density at radius 3 is 2.88 bits per heavy atom. The molecule has 0 spiro atoms. The van der Waals surface area contributed by atoms with Crippen LogP contribution in [-0.2, 0) is 6.54 Å². The van der Waals surface area contributed by atoms with E-state index in [1.54, 1.807) is 10.9 Å². The maximum atomic E-state index is 11.2. The third-order valence-corrected chi connectivity index (χ3v) is 2.53. The highest BCUT2D eigenvalue weighted by Crippen LogP contribution is 2.07. The van der Waals surface area contributed by atoms with E-state index in [1.807, 2.05) is 13.8 Å². The van der Waals surface area contributed by atoms with Crippen molar-refractivity contribution in [2.45, 2.75) is 20.4 Å². The van der Waals surface area contributed by atoms with Gasteiger partial charge in [-0.15, -0.1) is 0 Å². The first-order valence-electron chi connectivity index (χ1n) is 5.15. The molecule has 0 saturated carbocycles. The minimum Gasteiger partial charge on any atom is -0.351 e. The van der Waals surface area contributed by atoms with Gasteiger partial charge in [0.15, 0.2) is 5.82 Å². The van der Waals surface area contributed by atoms with Crippen molar-refractivity contribution in [3.8, 4) is 0 Å². The van der Waals surface area contributed by atoms with E-state index in [-0.39, 0.29) is 5.89 Å². The third kappa shape index (κ3) is 2.17. The standard InChI is InChI=1S/C10H13N5O2/c1-6-4-12-15(7(6)2)5-8-13-10(17-14-8)9(16)11-3/h4H,5H2,1-3H3,(H,11,16). The Kier molecular flexibility index (Phi) is 2.90. The number of carbonyl (C=O) groups is 1. The largest absolute Gasteiger partial charge is 0.351 e. The van der Waals surface area contributed by atoms with Gasteiger partial charge < -0.3 is 9.84 Å². The molecule has 0 aliphatic heterocycles. The molecule has 0 saturated heterocycles. The molecule has 0 unspecified atom stereocenters. The van der Waals surface area contributed by atoms with Gasteiger partial charge in [-0.2, -0.15) is 10.1 Å². The van der Waals surface area contributed by atoms with Crippen molar-refractivity contribution in [3.63, 3.8) is 0 Å². The lowest BCUT2D eigenvalue weighted by molar-refractivity contribution is 0.0919. The van der Waals surface area contributed by atoms with Crippen LogP contribution in [0.15, 0.2) is 10.7 Å². The molecule has 0 fully saturated rings. The summed E-state index contributed by atoms with van der Waals surface area (Å²) in [6.45, 7) is 4.33. The predicted octanol–water partition coefficient (Wildman–Crippen LogP) is 0.291. The van der Waals surface area contributed by atoms with Crippen molar-refractivity contribution in [3.05, 3.63) is 29.2 Å². The first-order valence-corrected chi connectivity index (χ1v) is 5.15. The van der Waals surface area contributed by atoms with Crippen molar-refractivity contribution in [2.75, 3.05) is 7.05 Å².